The van der Waals surface area contributed by atoms with Crippen LogP contribution in [-0.4, -0.2) is 45.0 Å². The molecule has 0 aliphatic rings. The highest BCUT2D eigenvalue weighted by Gasteiger charge is 2.23. The summed E-state index contributed by atoms with van der Waals surface area (Å²) in [6.07, 6.45) is 3.99. The van der Waals surface area contributed by atoms with Crippen molar-refractivity contribution in [2.45, 2.75) is 26.0 Å². The average Bonchev–Trinajstić information content (AvgIpc) is 2.66. The molecule has 0 aliphatic heterocycles. The summed E-state index contributed by atoms with van der Waals surface area (Å²) in [5, 5.41) is 18.3. The van der Waals surface area contributed by atoms with Crippen LogP contribution in [0.15, 0.2) is 33.5 Å². The molecule has 0 fully saturated rings. The number of rotatable bonds is 7. The minimum Gasteiger partial charge on any atom is -0.391 e. The van der Waals surface area contributed by atoms with E-state index in [-0.39, 0.29) is 6.04 Å². The van der Waals surface area contributed by atoms with Gasteiger partial charge < -0.3 is 21.1 Å². The standard InChI is InChI=1S/C17H22BrClN6O3S/c1-9(10(2)26)21-15-12(18)8-20-16(24-15)22-11-5-6-13(19)14(7-11)23-17(27)29(3,4)25-28/h5-10,26H,1-4H3,(H,23,27)(H2,20,21,22,24)/t9-,10-/m1/s1. The molecule has 9 nitrogen and oxygen atoms in total. The summed E-state index contributed by atoms with van der Waals surface area (Å²) in [4.78, 5) is 31.7. The summed E-state index contributed by atoms with van der Waals surface area (Å²) in [7, 11) is -2.33. The molecule has 0 radical (unpaired) electrons. The van der Waals surface area contributed by atoms with E-state index in [1.807, 2.05) is 6.92 Å². The number of hydrogen-bond acceptors (Lipinski definition) is 8. The van der Waals surface area contributed by atoms with Gasteiger partial charge in [0.15, 0.2) is 0 Å². The Bertz CT molecular complexity index is 915. The first kappa shape index (κ1) is 23.3. The largest absolute Gasteiger partial charge is 0.391 e. The van der Waals surface area contributed by atoms with E-state index in [1.54, 1.807) is 31.3 Å². The second-order valence-electron chi connectivity index (χ2n) is 6.64. The van der Waals surface area contributed by atoms with Crippen LogP contribution >= 0.6 is 37.7 Å². The monoisotopic (exact) mass is 504 g/mol. The van der Waals surface area contributed by atoms with Gasteiger partial charge in [0, 0.05) is 11.9 Å². The molecule has 2 aromatic rings. The number of halogens is 2. The number of aliphatic hydroxyl groups is 1. The van der Waals surface area contributed by atoms with Crippen molar-refractivity contribution in [2.24, 2.45) is 4.58 Å². The van der Waals surface area contributed by atoms with Gasteiger partial charge in [-0.3, -0.25) is 4.79 Å². The van der Waals surface area contributed by atoms with Crippen molar-refractivity contribution in [3.63, 3.8) is 0 Å². The maximum Gasteiger partial charge on any atom is 0.287 e. The van der Waals surface area contributed by atoms with Crippen LogP contribution in [0, 0.1) is 4.91 Å². The molecule has 0 spiro atoms. The number of carbonyl (C=O) groups excluding carboxylic acids is 1. The fraction of sp³-hybridized carbons (Fsp3) is 0.353. The molecule has 1 aromatic heterocycles. The molecule has 4 N–H and O–H groups in total. The van der Waals surface area contributed by atoms with Crippen LogP contribution in [0.2, 0.25) is 5.02 Å². The smallest absolute Gasteiger partial charge is 0.287 e. The molecule has 158 valence electrons. The third-order valence-electron chi connectivity index (χ3n) is 3.93. The number of carbonyl (C=O) groups is 1. The van der Waals surface area contributed by atoms with Crippen molar-refractivity contribution in [1.29, 1.82) is 0 Å². The third kappa shape index (κ3) is 6.26. The van der Waals surface area contributed by atoms with E-state index in [0.717, 1.165) is 0 Å². The number of benzene rings is 1. The van der Waals surface area contributed by atoms with E-state index < -0.39 is 21.6 Å². The molecule has 1 heterocycles. The van der Waals surface area contributed by atoms with Crippen molar-refractivity contribution in [3.8, 4) is 0 Å². The number of aromatic nitrogens is 2. The zero-order valence-electron chi connectivity index (χ0n) is 16.2. The van der Waals surface area contributed by atoms with E-state index in [0.29, 0.717) is 32.6 Å². The predicted octanol–water partition coefficient (Wildman–Crippen LogP) is 5.09. The van der Waals surface area contributed by atoms with E-state index in [1.165, 1.54) is 12.5 Å². The molecule has 2 rings (SSSR count). The number of anilines is 4. The SMILES string of the molecule is C[C@@H](O)[C@@H](C)Nc1nc(Nc2ccc(Cl)c(NC(=O)S(C)(C)N=O)c2)ncc1Br. The van der Waals surface area contributed by atoms with Crippen LogP contribution in [0.5, 0.6) is 0 Å². The molecule has 1 amide bonds. The summed E-state index contributed by atoms with van der Waals surface area (Å²) in [5.74, 6) is 0.814. The molecule has 0 saturated heterocycles. The molecular formula is C17H22BrClN6O3S. The maximum atomic E-state index is 12.2. The average molecular weight is 506 g/mol. The second-order valence-corrected chi connectivity index (χ2v) is 11.0. The van der Waals surface area contributed by atoms with Gasteiger partial charge in [-0.25, -0.2) is 4.98 Å². The molecule has 0 bridgehead atoms. The first-order valence-electron chi connectivity index (χ1n) is 8.46. The summed E-state index contributed by atoms with van der Waals surface area (Å²) in [5.41, 5.74) is 0.914. The number of nitroso groups, excluding NO2 is 1. The predicted molar refractivity (Wildman–Crippen MR) is 123 cm³/mol. The van der Waals surface area contributed by atoms with Crippen LogP contribution < -0.4 is 16.0 Å². The van der Waals surface area contributed by atoms with Crippen LogP contribution in [0.25, 0.3) is 0 Å². The van der Waals surface area contributed by atoms with Crippen molar-refractivity contribution in [3.05, 3.63) is 38.8 Å². The lowest BCUT2D eigenvalue weighted by atomic mass is 10.2. The summed E-state index contributed by atoms with van der Waals surface area (Å²) in [6, 6.07) is 4.69. The molecule has 2 atom stereocenters. The van der Waals surface area contributed by atoms with E-state index in [9.17, 15) is 14.8 Å². The Kier molecular flexibility index (Phi) is 7.80. The van der Waals surface area contributed by atoms with Crippen molar-refractivity contribution >= 4 is 66.1 Å². The molecule has 29 heavy (non-hydrogen) atoms. The number of amides is 1. The van der Waals surface area contributed by atoms with E-state index >= 15 is 0 Å². The zero-order valence-corrected chi connectivity index (χ0v) is 19.4. The van der Waals surface area contributed by atoms with E-state index in [4.69, 9.17) is 11.6 Å². The Morgan fingerprint density at radius 1 is 1.34 bits per heavy atom. The molecular weight excluding hydrogens is 484 g/mol. The summed E-state index contributed by atoms with van der Waals surface area (Å²) >= 11 is 9.53. The van der Waals surface area contributed by atoms with Crippen LogP contribution in [0.4, 0.5) is 27.9 Å². The minimum atomic E-state index is -2.33. The van der Waals surface area contributed by atoms with Crippen LogP contribution in [-0.2, 0) is 0 Å². The van der Waals surface area contributed by atoms with Crippen molar-refractivity contribution in [2.75, 3.05) is 28.5 Å². The number of hydrogen-bond donors (Lipinski definition) is 4. The van der Waals surface area contributed by atoms with Crippen molar-refractivity contribution in [1.82, 2.24) is 9.97 Å². The lowest BCUT2D eigenvalue weighted by Gasteiger charge is -2.20. The van der Waals surface area contributed by atoms with Gasteiger partial charge in [0.25, 0.3) is 5.24 Å². The lowest BCUT2D eigenvalue weighted by Crippen LogP contribution is -2.28. The summed E-state index contributed by atoms with van der Waals surface area (Å²) in [6.45, 7) is 3.51. The van der Waals surface area contributed by atoms with Gasteiger partial charge in [-0.2, -0.15) is 4.98 Å². The van der Waals surface area contributed by atoms with Gasteiger partial charge in [0.2, 0.25) is 5.95 Å². The first-order valence-corrected chi connectivity index (χ1v) is 12.0. The molecule has 0 aliphatic carbocycles. The Morgan fingerprint density at radius 2 is 2.03 bits per heavy atom. The molecule has 1 aromatic carbocycles. The van der Waals surface area contributed by atoms with Gasteiger partial charge in [-0.1, -0.05) is 11.6 Å². The van der Waals surface area contributed by atoms with Gasteiger partial charge in [0.1, 0.15) is 5.82 Å². The Hall–Kier alpha value is -1.95. The molecule has 0 unspecified atom stereocenters. The van der Waals surface area contributed by atoms with Gasteiger partial charge in [-0.15, -0.1) is 4.91 Å². The zero-order chi connectivity index (χ0) is 21.8. The van der Waals surface area contributed by atoms with E-state index in [2.05, 4.69) is 46.4 Å². The Labute approximate surface area is 183 Å². The van der Waals surface area contributed by atoms with Crippen LogP contribution in [0.3, 0.4) is 0 Å². The maximum absolute atomic E-state index is 12.2. The van der Waals surface area contributed by atoms with Gasteiger partial charge in [0.05, 0.1) is 27.3 Å². The lowest BCUT2D eigenvalue weighted by molar-refractivity contribution is 0.177. The Morgan fingerprint density at radius 3 is 2.66 bits per heavy atom. The second kappa shape index (κ2) is 9.70. The van der Waals surface area contributed by atoms with Gasteiger partial charge >= 0.3 is 0 Å². The fourth-order valence-electron chi connectivity index (χ4n) is 1.96. The van der Waals surface area contributed by atoms with Crippen LogP contribution in [0.1, 0.15) is 13.8 Å². The normalized spacial score (nSPS) is 13.9. The topological polar surface area (TPSA) is 129 Å². The fourth-order valence-corrected chi connectivity index (χ4v) is 2.86. The number of aliphatic hydroxyl groups excluding tert-OH is 1. The highest BCUT2D eigenvalue weighted by molar-refractivity contribution is 9.10. The third-order valence-corrected chi connectivity index (χ3v) is 6.22. The van der Waals surface area contributed by atoms with Gasteiger partial charge in [-0.05, 0) is 75.3 Å². The number of nitrogens with zero attached hydrogens (tertiary/aromatic N) is 3. The number of nitrogens with one attached hydrogen (secondary N) is 3. The highest BCUT2D eigenvalue weighted by atomic mass is 79.9. The molecule has 12 heteroatoms. The first-order chi connectivity index (χ1) is 13.5. The Balaban J connectivity index is 2.22. The summed E-state index contributed by atoms with van der Waals surface area (Å²) < 4.78 is 3.55. The highest BCUT2D eigenvalue weighted by Crippen LogP contribution is 2.43. The quantitative estimate of drug-likeness (QED) is 0.385. The minimum absolute atomic E-state index is 0.219. The molecule has 0 saturated carbocycles. The van der Waals surface area contributed by atoms with Crippen molar-refractivity contribution < 1.29 is 9.90 Å².